The van der Waals surface area contributed by atoms with Crippen LogP contribution in [-0.4, -0.2) is 38.7 Å². The zero-order valence-corrected chi connectivity index (χ0v) is 21.7. The maximum absolute atomic E-state index is 5.29. The van der Waals surface area contributed by atoms with Gasteiger partial charge in [-0.05, 0) is 83.8 Å². The lowest BCUT2D eigenvalue weighted by Crippen LogP contribution is -2.25. The van der Waals surface area contributed by atoms with E-state index >= 15 is 0 Å². The molecule has 0 aromatic carbocycles. The first-order valence-corrected chi connectivity index (χ1v) is 11.6. The van der Waals surface area contributed by atoms with E-state index in [1.54, 1.807) is 12.3 Å². The number of alkyl halides is 1. The Labute approximate surface area is 219 Å². The molecular formula is C23H39Br3N4O2. The van der Waals surface area contributed by atoms with Gasteiger partial charge in [-0.3, -0.25) is 0 Å². The Morgan fingerprint density at radius 3 is 1.94 bits per heavy atom. The Bertz CT molecular complexity index is 816. The molecule has 6 nitrogen and oxygen atoms in total. The van der Waals surface area contributed by atoms with Crippen LogP contribution in [-0.2, 0) is 9.47 Å². The smallest absolute Gasteiger partial charge is 0.169 e. The first kappa shape index (κ1) is 35.6. The normalized spacial score (nSPS) is 10.4. The van der Waals surface area contributed by atoms with Crippen molar-refractivity contribution in [1.29, 1.82) is 0 Å². The van der Waals surface area contributed by atoms with Gasteiger partial charge in [-0.2, -0.15) is 0 Å². The molecule has 3 aromatic rings. The van der Waals surface area contributed by atoms with Crippen molar-refractivity contribution in [3.05, 3.63) is 57.5 Å². The second kappa shape index (κ2) is 19.5. The summed E-state index contributed by atoms with van der Waals surface area (Å²) in [7, 11) is 0. The van der Waals surface area contributed by atoms with Gasteiger partial charge < -0.3 is 19.6 Å². The lowest BCUT2D eigenvalue weighted by molar-refractivity contribution is -0.132. The lowest BCUT2D eigenvalue weighted by atomic mass is 10.4. The average Bonchev–Trinajstić information content (AvgIpc) is 3.05. The standard InChI is InChI=1S/C8H7BrN2.C7H15BrO2.C5H5BrN2.3CH4/c1-6-4-10-8-3-2-7(9)5-11(6)8;1-4-9-7(6(3)8)10-5-2;6-4-1-2-5(7)8-3-4;;;/h2-5H,1H3;6-7H,4-5H2,1-3H3;1-3H,(H2,7,8);3*1H4. The number of nitrogens with zero attached hydrogens (tertiary/aromatic N) is 3. The second-order valence-electron chi connectivity index (χ2n) is 5.83. The fourth-order valence-electron chi connectivity index (χ4n) is 2.11. The molecule has 0 spiro atoms. The molecule has 0 aliphatic rings. The molecule has 0 bridgehead atoms. The number of fused-ring (bicyclic) bond motifs is 1. The van der Waals surface area contributed by atoms with E-state index in [-0.39, 0.29) is 33.4 Å². The molecule has 0 saturated heterocycles. The van der Waals surface area contributed by atoms with Crippen molar-refractivity contribution in [3.63, 3.8) is 0 Å². The van der Waals surface area contributed by atoms with Crippen molar-refractivity contribution in [2.24, 2.45) is 0 Å². The van der Waals surface area contributed by atoms with Gasteiger partial charge in [-0.15, -0.1) is 0 Å². The summed E-state index contributed by atoms with van der Waals surface area (Å²) in [5, 5.41) is 0. The molecule has 0 aliphatic heterocycles. The largest absolute Gasteiger partial charge is 0.384 e. The van der Waals surface area contributed by atoms with Crippen LogP contribution in [0.4, 0.5) is 5.82 Å². The number of hydrogen-bond donors (Lipinski definition) is 1. The number of aryl methyl sites for hydroxylation is 1. The molecule has 3 aromatic heterocycles. The first-order valence-electron chi connectivity index (χ1n) is 9.11. The monoisotopic (exact) mass is 640 g/mol. The Morgan fingerprint density at radius 2 is 1.50 bits per heavy atom. The number of imidazole rings is 1. The number of aromatic nitrogens is 3. The van der Waals surface area contributed by atoms with E-state index < -0.39 is 0 Å². The highest BCUT2D eigenvalue weighted by Gasteiger charge is 2.13. The number of nitrogens with two attached hydrogens (primary N) is 1. The first-order chi connectivity index (χ1) is 13.8. The Morgan fingerprint density at radius 1 is 0.938 bits per heavy atom. The average molecular weight is 643 g/mol. The lowest BCUT2D eigenvalue weighted by Gasteiger charge is -2.18. The summed E-state index contributed by atoms with van der Waals surface area (Å²) in [6.45, 7) is 9.35. The van der Waals surface area contributed by atoms with E-state index in [9.17, 15) is 0 Å². The minimum Gasteiger partial charge on any atom is -0.384 e. The minimum atomic E-state index is -0.102. The molecule has 1 atom stereocenters. The van der Waals surface area contributed by atoms with E-state index in [0.29, 0.717) is 19.0 Å². The highest BCUT2D eigenvalue weighted by atomic mass is 79.9. The fourth-order valence-corrected chi connectivity index (χ4v) is 2.98. The third-order valence-corrected chi connectivity index (χ3v) is 4.81. The van der Waals surface area contributed by atoms with Gasteiger partial charge in [0.15, 0.2) is 6.29 Å². The van der Waals surface area contributed by atoms with Crippen LogP contribution in [0.2, 0.25) is 0 Å². The Hall–Kier alpha value is -1.00. The van der Waals surface area contributed by atoms with Gasteiger partial charge >= 0.3 is 0 Å². The van der Waals surface area contributed by atoms with E-state index in [1.165, 1.54) is 0 Å². The van der Waals surface area contributed by atoms with Crippen LogP contribution in [0.1, 0.15) is 48.7 Å². The van der Waals surface area contributed by atoms with Gasteiger partial charge in [0, 0.05) is 46.4 Å². The summed E-state index contributed by atoms with van der Waals surface area (Å²) < 4.78 is 14.6. The molecule has 9 heteroatoms. The predicted molar refractivity (Wildman–Crippen MR) is 150 cm³/mol. The van der Waals surface area contributed by atoms with E-state index in [4.69, 9.17) is 15.2 Å². The van der Waals surface area contributed by atoms with Crippen molar-refractivity contribution in [2.45, 2.75) is 61.1 Å². The van der Waals surface area contributed by atoms with E-state index in [1.807, 2.05) is 62.7 Å². The number of halogens is 3. The molecule has 0 radical (unpaired) electrons. The maximum atomic E-state index is 5.29. The molecule has 0 aliphatic carbocycles. The van der Waals surface area contributed by atoms with Gasteiger partial charge in [0.25, 0.3) is 0 Å². The van der Waals surface area contributed by atoms with Gasteiger partial charge in [0.2, 0.25) is 0 Å². The summed E-state index contributed by atoms with van der Waals surface area (Å²) >= 11 is 10.0. The van der Waals surface area contributed by atoms with Gasteiger partial charge in [0.05, 0.1) is 4.83 Å². The van der Waals surface area contributed by atoms with Crippen LogP contribution in [0.3, 0.4) is 0 Å². The van der Waals surface area contributed by atoms with Gasteiger partial charge in [0.1, 0.15) is 11.5 Å². The van der Waals surface area contributed by atoms with Crippen LogP contribution in [0.15, 0.2) is 51.8 Å². The fraction of sp³-hybridized carbons (Fsp3) is 0.478. The number of pyridine rings is 2. The third-order valence-electron chi connectivity index (χ3n) is 3.44. The van der Waals surface area contributed by atoms with Crippen molar-refractivity contribution >= 4 is 59.3 Å². The summed E-state index contributed by atoms with van der Waals surface area (Å²) in [6.07, 6.45) is 5.43. The number of anilines is 1. The molecule has 0 fully saturated rings. The molecule has 184 valence electrons. The summed E-state index contributed by atoms with van der Waals surface area (Å²) in [5.74, 6) is 0.549. The highest BCUT2D eigenvalue weighted by molar-refractivity contribution is 9.10. The van der Waals surface area contributed by atoms with Gasteiger partial charge in [-0.1, -0.05) is 38.2 Å². The minimum absolute atomic E-state index is 0. The molecule has 1 unspecified atom stereocenters. The molecule has 32 heavy (non-hydrogen) atoms. The Balaban J connectivity index is -0.000000381. The maximum Gasteiger partial charge on any atom is 0.169 e. The summed E-state index contributed by atoms with van der Waals surface area (Å²) in [6, 6.07) is 7.56. The Kier molecular flexibility index (Phi) is 21.6. The van der Waals surface area contributed by atoms with Crippen LogP contribution in [0.5, 0.6) is 0 Å². The number of ether oxygens (including phenoxy) is 2. The van der Waals surface area contributed by atoms with Crippen molar-refractivity contribution in [3.8, 4) is 0 Å². The summed E-state index contributed by atoms with van der Waals surface area (Å²) in [5.41, 5.74) is 7.44. The molecule has 0 amide bonds. The zero-order valence-electron chi connectivity index (χ0n) is 17.0. The molecule has 3 heterocycles. The third kappa shape index (κ3) is 13.5. The van der Waals surface area contributed by atoms with Gasteiger partial charge in [-0.25, -0.2) is 9.97 Å². The number of hydrogen-bond acceptors (Lipinski definition) is 5. The van der Waals surface area contributed by atoms with Crippen LogP contribution >= 0.6 is 47.8 Å². The second-order valence-corrected chi connectivity index (χ2v) is 9.11. The zero-order chi connectivity index (χ0) is 21.8. The van der Waals surface area contributed by atoms with Crippen LogP contribution < -0.4 is 5.73 Å². The highest BCUT2D eigenvalue weighted by Crippen LogP contribution is 2.12. The van der Waals surface area contributed by atoms with Crippen LogP contribution in [0, 0.1) is 6.92 Å². The molecule has 0 saturated carbocycles. The van der Waals surface area contributed by atoms with Crippen molar-refractivity contribution in [2.75, 3.05) is 18.9 Å². The van der Waals surface area contributed by atoms with E-state index in [2.05, 4.69) is 57.8 Å². The predicted octanol–water partition coefficient (Wildman–Crippen LogP) is 7.91. The SMILES string of the molecule is C.C.C.CCOC(OCC)C(C)Br.Cc1cnc2ccc(Br)cn12.Nc1ccc(Br)cn1. The topological polar surface area (TPSA) is 74.7 Å². The van der Waals surface area contributed by atoms with E-state index in [0.717, 1.165) is 20.3 Å². The molecule has 3 rings (SSSR count). The number of nitrogen functional groups attached to an aromatic ring is 1. The van der Waals surface area contributed by atoms with Crippen LogP contribution in [0.25, 0.3) is 5.65 Å². The number of rotatable bonds is 5. The quantitative estimate of drug-likeness (QED) is 0.226. The molecular weight excluding hydrogens is 604 g/mol. The molecule has 2 N–H and O–H groups in total. The van der Waals surface area contributed by atoms with Crippen molar-refractivity contribution in [1.82, 2.24) is 14.4 Å². The van der Waals surface area contributed by atoms with Crippen molar-refractivity contribution < 1.29 is 9.47 Å². The summed E-state index contributed by atoms with van der Waals surface area (Å²) in [4.78, 5) is 8.27.